The molecular weight excluding hydrogens is 200 g/mol. The third kappa shape index (κ3) is 1.70. The van der Waals surface area contributed by atoms with E-state index < -0.39 is 5.56 Å². The normalized spacial score (nSPS) is 10.5. The molecule has 78 valence electrons. The van der Waals surface area contributed by atoms with Crippen LogP contribution in [0.2, 0.25) is 0 Å². The number of anilines is 2. The average molecular weight is 208 g/mol. The molecule has 0 fully saturated rings. The third-order valence-electron chi connectivity index (χ3n) is 1.70. The molecule has 0 spiro atoms. The quantitative estimate of drug-likeness (QED) is 0.449. The summed E-state index contributed by atoms with van der Waals surface area (Å²) in [5.41, 5.74) is 5.14. The Kier molecular flexibility index (Phi) is 2.18. The summed E-state index contributed by atoms with van der Waals surface area (Å²) in [6.45, 7) is -0.279. The van der Waals surface area contributed by atoms with E-state index in [1.165, 1.54) is 6.20 Å². The monoisotopic (exact) mass is 208 g/mol. The molecule has 0 saturated heterocycles. The van der Waals surface area contributed by atoms with Crippen molar-refractivity contribution in [2.45, 2.75) is 0 Å². The molecule has 2 heterocycles. The lowest BCUT2D eigenvalue weighted by atomic mass is 10.5. The number of rotatable bonds is 2. The Balaban J connectivity index is 2.65. The largest absolute Gasteiger partial charge is 0.377 e. The van der Waals surface area contributed by atoms with Gasteiger partial charge in [-0.15, -0.1) is 0 Å². The summed E-state index contributed by atoms with van der Waals surface area (Å²) >= 11 is 0. The van der Waals surface area contributed by atoms with E-state index in [1.54, 1.807) is 0 Å². The Labute approximate surface area is 83.2 Å². The predicted octanol–water partition coefficient (Wildman–Crippen LogP) is -1.34. The van der Waals surface area contributed by atoms with Gasteiger partial charge in [-0.25, -0.2) is 9.97 Å². The molecule has 2 aromatic rings. The van der Waals surface area contributed by atoms with Gasteiger partial charge in [-0.05, 0) is 0 Å². The van der Waals surface area contributed by atoms with Gasteiger partial charge in [-0.3, -0.25) is 9.78 Å². The number of hydrogen-bond donors (Lipinski definition) is 4. The summed E-state index contributed by atoms with van der Waals surface area (Å²) < 4.78 is 0. The Hall–Kier alpha value is -2.22. The number of fused-ring (bicyclic) bond motifs is 1. The van der Waals surface area contributed by atoms with Crippen LogP contribution < -0.4 is 16.6 Å². The maximum atomic E-state index is 11.3. The smallest absolute Gasteiger partial charge is 0.280 e. The number of aliphatic hydroxyl groups excluding tert-OH is 1. The minimum atomic E-state index is -0.444. The first kappa shape index (κ1) is 9.34. The molecule has 0 unspecified atom stereocenters. The molecule has 0 atom stereocenters. The first-order valence-corrected chi connectivity index (χ1v) is 4.08. The fraction of sp³-hybridized carbons (Fsp3) is 0.143. The van der Waals surface area contributed by atoms with Crippen molar-refractivity contribution < 1.29 is 5.11 Å². The van der Waals surface area contributed by atoms with E-state index in [4.69, 9.17) is 10.8 Å². The Morgan fingerprint density at radius 1 is 1.53 bits per heavy atom. The first-order chi connectivity index (χ1) is 7.20. The molecule has 0 aromatic carbocycles. The highest BCUT2D eigenvalue weighted by atomic mass is 16.3. The van der Waals surface area contributed by atoms with E-state index in [-0.39, 0.29) is 23.8 Å². The highest BCUT2D eigenvalue weighted by Gasteiger charge is 2.05. The summed E-state index contributed by atoms with van der Waals surface area (Å²) in [4.78, 5) is 25.2. The number of hydrogen-bond acceptors (Lipinski definition) is 7. The van der Waals surface area contributed by atoms with Crippen LogP contribution in [0, 0.1) is 0 Å². The summed E-state index contributed by atoms with van der Waals surface area (Å²) in [6, 6.07) is 0. The molecule has 8 heteroatoms. The number of nitrogens with one attached hydrogen (secondary N) is 2. The zero-order valence-electron chi connectivity index (χ0n) is 7.56. The SMILES string of the molecule is Nc1nc2nc(NCO)cnc2c(=O)[nH]1. The van der Waals surface area contributed by atoms with Crippen LogP contribution in [0.25, 0.3) is 11.2 Å². The topological polar surface area (TPSA) is 130 Å². The lowest BCUT2D eigenvalue weighted by Gasteiger charge is -2.01. The van der Waals surface area contributed by atoms with Gasteiger partial charge in [0.15, 0.2) is 11.2 Å². The van der Waals surface area contributed by atoms with E-state index in [1.807, 2.05) is 0 Å². The first-order valence-electron chi connectivity index (χ1n) is 4.08. The van der Waals surface area contributed by atoms with Crippen molar-refractivity contribution in [1.29, 1.82) is 0 Å². The number of nitrogens with zero attached hydrogens (tertiary/aromatic N) is 3. The molecule has 0 bridgehead atoms. The molecule has 2 rings (SSSR count). The highest BCUT2D eigenvalue weighted by molar-refractivity contribution is 5.70. The zero-order chi connectivity index (χ0) is 10.8. The maximum Gasteiger partial charge on any atom is 0.280 e. The van der Waals surface area contributed by atoms with Crippen LogP contribution >= 0.6 is 0 Å². The number of nitrogens with two attached hydrogens (primary N) is 1. The Morgan fingerprint density at radius 3 is 3.07 bits per heavy atom. The molecule has 8 nitrogen and oxygen atoms in total. The van der Waals surface area contributed by atoms with Crippen molar-refractivity contribution in [3.05, 3.63) is 16.6 Å². The third-order valence-corrected chi connectivity index (χ3v) is 1.70. The molecule has 0 aliphatic rings. The zero-order valence-corrected chi connectivity index (χ0v) is 7.56. The average Bonchev–Trinajstić information content (AvgIpc) is 2.17. The van der Waals surface area contributed by atoms with Crippen molar-refractivity contribution in [3.63, 3.8) is 0 Å². The Morgan fingerprint density at radius 2 is 2.33 bits per heavy atom. The second kappa shape index (κ2) is 3.50. The lowest BCUT2D eigenvalue weighted by Crippen LogP contribution is -2.14. The van der Waals surface area contributed by atoms with Gasteiger partial charge in [0.1, 0.15) is 12.5 Å². The van der Waals surface area contributed by atoms with Crippen LogP contribution in [0.15, 0.2) is 11.0 Å². The van der Waals surface area contributed by atoms with Crippen LogP contribution in [0.1, 0.15) is 0 Å². The van der Waals surface area contributed by atoms with Crippen molar-refractivity contribution in [3.8, 4) is 0 Å². The number of aliphatic hydroxyl groups is 1. The molecule has 0 amide bonds. The van der Waals surface area contributed by atoms with Crippen LogP contribution in [-0.2, 0) is 0 Å². The van der Waals surface area contributed by atoms with Crippen molar-refractivity contribution in [2.75, 3.05) is 17.8 Å². The summed E-state index contributed by atoms with van der Waals surface area (Å²) in [6.07, 6.45) is 1.33. The van der Waals surface area contributed by atoms with Gasteiger partial charge in [0.2, 0.25) is 5.95 Å². The van der Waals surface area contributed by atoms with Gasteiger partial charge in [0.05, 0.1) is 6.20 Å². The van der Waals surface area contributed by atoms with Gasteiger partial charge < -0.3 is 16.2 Å². The standard InChI is InChI=1S/C7H8N6O2/c8-7-12-5-4(6(15)13-7)9-1-3(11-5)10-2-14/h1,14H,2H2,(H4,8,10,11,12,13,15). The number of H-pyrrole nitrogens is 1. The summed E-state index contributed by atoms with van der Waals surface area (Å²) in [5, 5.41) is 11.1. The number of aromatic amines is 1. The Bertz CT molecular complexity index is 551. The number of aromatic nitrogens is 4. The second-order valence-electron chi connectivity index (χ2n) is 2.71. The van der Waals surface area contributed by atoms with E-state index >= 15 is 0 Å². The van der Waals surface area contributed by atoms with Crippen LogP contribution in [0.5, 0.6) is 0 Å². The van der Waals surface area contributed by atoms with E-state index in [0.717, 1.165) is 0 Å². The predicted molar refractivity (Wildman–Crippen MR) is 53.1 cm³/mol. The second-order valence-corrected chi connectivity index (χ2v) is 2.71. The van der Waals surface area contributed by atoms with Crippen LogP contribution in [-0.4, -0.2) is 31.8 Å². The number of nitrogen functional groups attached to an aromatic ring is 1. The minimum absolute atomic E-state index is 0.0250. The lowest BCUT2D eigenvalue weighted by molar-refractivity contribution is 0.325. The molecule has 0 aliphatic carbocycles. The van der Waals surface area contributed by atoms with Gasteiger partial charge in [-0.1, -0.05) is 0 Å². The van der Waals surface area contributed by atoms with Gasteiger partial charge in [0, 0.05) is 0 Å². The minimum Gasteiger partial charge on any atom is -0.377 e. The molecule has 15 heavy (non-hydrogen) atoms. The molecule has 5 N–H and O–H groups in total. The van der Waals surface area contributed by atoms with Crippen molar-refractivity contribution >= 4 is 22.9 Å². The molecule has 0 saturated carbocycles. The van der Waals surface area contributed by atoms with Crippen molar-refractivity contribution in [1.82, 2.24) is 19.9 Å². The molecule has 2 aromatic heterocycles. The van der Waals surface area contributed by atoms with E-state index in [0.29, 0.717) is 5.82 Å². The molecule has 0 radical (unpaired) electrons. The maximum absolute atomic E-state index is 11.3. The van der Waals surface area contributed by atoms with Gasteiger partial charge in [0.25, 0.3) is 5.56 Å². The molecular formula is C7H8N6O2. The van der Waals surface area contributed by atoms with E-state index in [9.17, 15) is 4.79 Å². The fourth-order valence-corrected chi connectivity index (χ4v) is 1.10. The van der Waals surface area contributed by atoms with Crippen LogP contribution in [0.4, 0.5) is 11.8 Å². The van der Waals surface area contributed by atoms with Crippen molar-refractivity contribution in [2.24, 2.45) is 0 Å². The van der Waals surface area contributed by atoms with Gasteiger partial charge >= 0.3 is 0 Å². The molecule has 0 aliphatic heterocycles. The summed E-state index contributed by atoms with van der Waals surface area (Å²) in [7, 11) is 0. The fourth-order valence-electron chi connectivity index (χ4n) is 1.10. The summed E-state index contributed by atoms with van der Waals surface area (Å²) in [5.74, 6) is 0.297. The van der Waals surface area contributed by atoms with Gasteiger partial charge in [-0.2, -0.15) is 4.98 Å². The van der Waals surface area contributed by atoms with E-state index in [2.05, 4.69) is 25.3 Å². The highest BCUT2D eigenvalue weighted by Crippen LogP contribution is 2.05. The van der Waals surface area contributed by atoms with Crippen LogP contribution in [0.3, 0.4) is 0 Å².